The van der Waals surface area contributed by atoms with Crippen molar-refractivity contribution in [3.8, 4) is 11.5 Å². The molecule has 2 aliphatic heterocycles. The van der Waals surface area contributed by atoms with Crippen molar-refractivity contribution >= 4 is 40.5 Å². The van der Waals surface area contributed by atoms with Gasteiger partial charge in [0.05, 0.1) is 55.4 Å². The molecule has 2 aliphatic rings. The average Bonchev–Trinajstić information content (AvgIpc) is 3.21. The number of para-hydroxylation sites is 2. The lowest BCUT2D eigenvalue weighted by atomic mass is 10.1. The van der Waals surface area contributed by atoms with Gasteiger partial charge in [-0.15, -0.1) is 0 Å². The van der Waals surface area contributed by atoms with E-state index in [0.717, 1.165) is 24.5 Å². The van der Waals surface area contributed by atoms with Gasteiger partial charge in [0, 0.05) is 32.1 Å². The van der Waals surface area contributed by atoms with Crippen LogP contribution >= 0.6 is 11.6 Å². The van der Waals surface area contributed by atoms with Crippen LogP contribution in [0.25, 0.3) is 0 Å². The summed E-state index contributed by atoms with van der Waals surface area (Å²) in [5.41, 5.74) is 2.21. The summed E-state index contributed by atoms with van der Waals surface area (Å²) in [4.78, 5) is 29.6. The monoisotopic (exact) mass is 459 g/mol. The minimum Gasteiger partial charge on any atom is -0.495 e. The highest BCUT2D eigenvalue weighted by Gasteiger charge is 2.37. The second-order valence-electron chi connectivity index (χ2n) is 7.67. The van der Waals surface area contributed by atoms with Gasteiger partial charge in [0.15, 0.2) is 0 Å². The maximum absolute atomic E-state index is 13.1. The Labute approximate surface area is 192 Å². The SMILES string of the molecule is COc1cc(OC)c(N2C[C@@H](C(=O)Nc3ccccc3N3CCOCC3)CC2=O)cc1Cl. The first-order valence-corrected chi connectivity index (χ1v) is 10.8. The molecule has 2 amide bonds. The fourth-order valence-electron chi connectivity index (χ4n) is 4.07. The highest BCUT2D eigenvalue weighted by Crippen LogP contribution is 2.40. The molecule has 0 radical (unpaired) electrons. The second-order valence-corrected chi connectivity index (χ2v) is 8.08. The van der Waals surface area contributed by atoms with Crippen molar-refractivity contribution in [3.63, 3.8) is 0 Å². The molecule has 4 rings (SSSR count). The fourth-order valence-corrected chi connectivity index (χ4v) is 4.30. The number of hydrogen-bond donors (Lipinski definition) is 1. The van der Waals surface area contributed by atoms with Gasteiger partial charge < -0.3 is 29.3 Å². The summed E-state index contributed by atoms with van der Waals surface area (Å²) >= 11 is 6.27. The third kappa shape index (κ3) is 4.47. The van der Waals surface area contributed by atoms with Gasteiger partial charge in [0.2, 0.25) is 11.8 Å². The molecule has 0 aromatic heterocycles. The van der Waals surface area contributed by atoms with Gasteiger partial charge in [-0.2, -0.15) is 0 Å². The quantitative estimate of drug-likeness (QED) is 0.714. The fraction of sp³-hybridized carbons (Fsp3) is 0.391. The zero-order valence-electron chi connectivity index (χ0n) is 18.1. The molecule has 2 heterocycles. The molecule has 2 saturated heterocycles. The standard InChI is InChI=1S/C23H26ClN3O5/c1-30-20-13-21(31-2)19(12-16(20)24)27-14-15(11-22(27)28)23(29)25-17-5-3-4-6-18(17)26-7-9-32-10-8-26/h3-6,12-13,15H,7-11,14H2,1-2H3,(H,25,29)/t15-/m0/s1. The lowest BCUT2D eigenvalue weighted by Crippen LogP contribution is -2.37. The Morgan fingerprint density at radius 2 is 1.81 bits per heavy atom. The molecule has 8 nitrogen and oxygen atoms in total. The summed E-state index contributed by atoms with van der Waals surface area (Å²) in [6.45, 7) is 3.08. The number of carbonyl (C=O) groups excluding carboxylic acids is 2. The maximum Gasteiger partial charge on any atom is 0.229 e. The van der Waals surface area contributed by atoms with Crippen molar-refractivity contribution in [1.82, 2.24) is 0 Å². The number of morpholine rings is 1. The van der Waals surface area contributed by atoms with E-state index >= 15 is 0 Å². The third-order valence-electron chi connectivity index (χ3n) is 5.75. The predicted octanol–water partition coefficient (Wildman–Crippen LogP) is 3.19. The van der Waals surface area contributed by atoms with Gasteiger partial charge in [-0.05, 0) is 18.2 Å². The van der Waals surface area contributed by atoms with Crippen LogP contribution in [-0.4, -0.2) is 58.9 Å². The minimum atomic E-state index is -0.495. The van der Waals surface area contributed by atoms with E-state index in [-0.39, 0.29) is 24.8 Å². The Morgan fingerprint density at radius 1 is 1.09 bits per heavy atom. The molecule has 0 aliphatic carbocycles. The Kier molecular flexibility index (Phi) is 6.72. The molecule has 0 bridgehead atoms. The highest BCUT2D eigenvalue weighted by atomic mass is 35.5. The first kappa shape index (κ1) is 22.2. The number of amides is 2. The van der Waals surface area contributed by atoms with E-state index in [1.807, 2.05) is 24.3 Å². The van der Waals surface area contributed by atoms with Crippen LogP contribution < -0.4 is 24.6 Å². The molecule has 170 valence electrons. The molecule has 0 unspecified atom stereocenters. The number of rotatable bonds is 6. The van der Waals surface area contributed by atoms with Gasteiger partial charge >= 0.3 is 0 Å². The van der Waals surface area contributed by atoms with E-state index in [4.69, 9.17) is 25.8 Å². The number of halogens is 1. The van der Waals surface area contributed by atoms with E-state index in [2.05, 4.69) is 10.2 Å². The zero-order valence-corrected chi connectivity index (χ0v) is 18.9. The first-order chi connectivity index (χ1) is 15.5. The lowest BCUT2D eigenvalue weighted by Gasteiger charge is -2.30. The van der Waals surface area contributed by atoms with Crippen LogP contribution in [0.5, 0.6) is 11.5 Å². The van der Waals surface area contributed by atoms with E-state index in [0.29, 0.717) is 35.4 Å². The highest BCUT2D eigenvalue weighted by molar-refractivity contribution is 6.32. The summed E-state index contributed by atoms with van der Waals surface area (Å²) in [6.07, 6.45) is 0.109. The van der Waals surface area contributed by atoms with E-state index in [9.17, 15) is 9.59 Å². The van der Waals surface area contributed by atoms with Crippen molar-refractivity contribution in [2.24, 2.45) is 5.92 Å². The van der Waals surface area contributed by atoms with Crippen LogP contribution in [0, 0.1) is 5.92 Å². The number of nitrogens with one attached hydrogen (secondary N) is 1. The summed E-state index contributed by atoms with van der Waals surface area (Å²) < 4.78 is 16.1. The van der Waals surface area contributed by atoms with Gasteiger partial charge in [0.1, 0.15) is 11.5 Å². The number of benzene rings is 2. The molecular weight excluding hydrogens is 434 g/mol. The minimum absolute atomic E-state index is 0.109. The molecular formula is C23H26ClN3O5. The average molecular weight is 460 g/mol. The van der Waals surface area contributed by atoms with Gasteiger partial charge in [-0.1, -0.05) is 23.7 Å². The number of hydrogen-bond acceptors (Lipinski definition) is 6. The van der Waals surface area contributed by atoms with Crippen molar-refractivity contribution in [1.29, 1.82) is 0 Å². The van der Waals surface area contributed by atoms with Crippen LogP contribution in [-0.2, 0) is 14.3 Å². The van der Waals surface area contributed by atoms with E-state index in [1.54, 1.807) is 17.0 Å². The van der Waals surface area contributed by atoms with Crippen molar-refractivity contribution < 1.29 is 23.8 Å². The summed E-state index contributed by atoms with van der Waals surface area (Å²) in [7, 11) is 3.02. The topological polar surface area (TPSA) is 80.3 Å². The van der Waals surface area contributed by atoms with E-state index in [1.165, 1.54) is 14.2 Å². The Hall–Kier alpha value is -2.97. The molecule has 2 aromatic carbocycles. The molecule has 2 aromatic rings. The zero-order chi connectivity index (χ0) is 22.7. The van der Waals surface area contributed by atoms with Crippen molar-refractivity contribution in [2.75, 3.05) is 62.2 Å². The Balaban J connectivity index is 1.51. The van der Waals surface area contributed by atoms with Gasteiger partial charge in [0.25, 0.3) is 0 Å². The number of carbonyl (C=O) groups is 2. The van der Waals surface area contributed by atoms with Crippen LogP contribution in [0.3, 0.4) is 0 Å². The van der Waals surface area contributed by atoms with Crippen molar-refractivity contribution in [3.05, 3.63) is 41.4 Å². The maximum atomic E-state index is 13.1. The number of methoxy groups -OCH3 is 2. The predicted molar refractivity (Wildman–Crippen MR) is 123 cm³/mol. The van der Waals surface area contributed by atoms with Gasteiger partial charge in [-0.25, -0.2) is 0 Å². The van der Waals surface area contributed by atoms with Crippen LogP contribution in [0.1, 0.15) is 6.42 Å². The second kappa shape index (κ2) is 9.67. The van der Waals surface area contributed by atoms with Crippen LogP contribution in [0.15, 0.2) is 36.4 Å². The molecule has 1 N–H and O–H groups in total. The molecule has 9 heteroatoms. The van der Waals surface area contributed by atoms with Crippen molar-refractivity contribution in [2.45, 2.75) is 6.42 Å². The van der Waals surface area contributed by atoms with Crippen LogP contribution in [0.2, 0.25) is 5.02 Å². The number of anilines is 3. The first-order valence-electron chi connectivity index (χ1n) is 10.5. The molecule has 32 heavy (non-hydrogen) atoms. The summed E-state index contributed by atoms with van der Waals surface area (Å²) in [5, 5.41) is 3.39. The smallest absolute Gasteiger partial charge is 0.229 e. The number of nitrogens with zero attached hydrogens (tertiary/aromatic N) is 2. The summed E-state index contributed by atoms with van der Waals surface area (Å²) in [5.74, 6) is 0.0587. The number of ether oxygens (including phenoxy) is 3. The summed E-state index contributed by atoms with van der Waals surface area (Å²) in [6, 6.07) is 11.0. The molecule has 1 atom stereocenters. The molecule has 0 saturated carbocycles. The largest absolute Gasteiger partial charge is 0.495 e. The molecule has 0 spiro atoms. The van der Waals surface area contributed by atoms with E-state index < -0.39 is 5.92 Å². The lowest BCUT2D eigenvalue weighted by molar-refractivity contribution is -0.122. The third-order valence-corrected chi connectivity index (χ3v) is 6.05. The van der Waals surface area contributed by atoms with Crippen LogP contribution in [0.4, 0.5) is 17.1 Å². The normalized spacial score (nSPS) is 18.6. The Morgan fingerprint density at radius 3 is 2.53 bits per heavy atom. The van der Waals surface area contributed by atoms with Gasteiger partial charge in [-0.3, -0.25) is 9.59 Å². The molecule has 2 fully saturated rings. The Bertz CT molecular complexity index is 1010.